The van der Waals surface area contributed by atoms with Gasteiger partial charge in [-0.25, -0.2) is 0 Å². The van der Waals surface area contributed by atoms with Crippen molar-refractivity contribution in [2.75, 3.05) is 13.7 Å². The molecule has 5 heteroatoms. The van der Waals surface area contributed by atoms with Crippen LogP contribution in [0.3, 0.4) is 0 Å². The molecule has 1 heterocycles. The molecule has 96 valence electrons. The van der Waals surface area contributed by atoms with Crippen LogP contribution in [0.5, 0.6) is 5.75 Å². The van der Waals surface area contributed by atoms with Crippen LogP contribution >= 0.6 is 11.6 Å². The average Bonchev–Trinajstić information content (AvgIpc) is 2.71. The molecule has 2 N–H and O–H groups in total. The SMILES string of the molecule is COc1ccc(Cl)cc1-c1cc(C)nn1CCN. The number of halogens is 1. The Kier molecular flexibility index (Phi) is 3.89. The van der Waals surface area contributed by atoms with Gasteiger partial charge in [-0.05, 0) is 31.2 Å². The molecule has 0 saturated carbocycles. The zero-order chi connectivity index (χ0) is 13.1. The molecule has 2 aromatic rings. The van der Waals surface area contributed by atoms with Crippen LogP contribution < -0.4 is 10.5 Å². The molecule has 1 aromatic heterocycles. The van der Waals surface area contributed by atoms with Gasteiger partial charge in [-0.3, -0.25) is 4.68 Å². The Bertz CT molecular complexity index is 551. The third-order valence-corrected chi connectivity index (χ3v) is 2.92. The molecule has 1 aromatic carbocycles. The van der Waals surface area contributed by atoms with Crippen LogP contribution in [0.4, 0.5) is 0 Å². The van der Waals surface area contributed by atoms with Crippen LogP contribution in [0, 0.1) is 6.92 Å². The van der Waals surface area contributed by atoms with Crippen molar-refractivity contribution in [1.29, 1.82) is 0 Å². The number of nitrogens with two attached hydrogens (primary N) is 1. The van der Waals surface area contributed by atoms with E-state index in [0.717, 1.165) is 22.7 Å². The topological polar surface area (TPSA) is 53.1 Å². The maximum atomic E-state index is 6.05. The molecule has 0 bridgehead atoms. The van der Waals surface area contributed by atoms with Crippen molar-refractivity contribution in [3.8, 4) is 17.0 Å². The monoisotopic (exact) mass is 265 g/mol. The molecular weight excluding hydrogens is 250 g/mol. The van der Waals surface area contributed by atoms with Gasteiger partial charge in [0.2, 0.25) is 0 Å². The van der Waals surface area contributed by atoms with Crippen molar-refractivity contribution in [2.24, 2.45) is 5.73 Å². The zero-order valence-corrected chi connectivity index (χ0v) is 11.2. The lowest BCUT2D eigenvalue weighted by Crippen LogP contribution is -2.12. The minimum absolute atomic E-state index is 0.539. The van der Waals surface area contributed by atoms with Crippen molar-refractivity contribution in [1.82, 2.24) is 9.78 Å². The van der Waals surface area contributed by atoms with Gasteiger partial charge >= 0.3 is 0 Å². The van der Waals surface area contributed by atoms with E-state index in [2.05, 4.69) is 5.10 Å². The van der Waals surface area contributed by atoms with E-state index in [0.29, 0.717) is 18.1 Å². The van der Waals surface area contributed by atoms with Gasteiger partial charge in [0.1, 0.15) is 5.75 Å². The summed E-state index contributed by atoms with van der Waals surface area (Å²) in [4.78, 5) is 0. The van der Waals surface area contributed by atoms with E-state index in [4.69, 9.17) is 22.1 Å². The first-order chi connectivity index (χ1) is 8.65. The summed E-state index contributed by atoms with van der Waals surface area (Å²) < 4.78 is 7.24. The summed E-state index contributed by atoms with van der Waals surface area (Å²) in [5, 5.41) is 5.09. The summed E-state index contributed by atoms with van der Waals surface area (Å²) in [5.41, 5.74) is 8.44. The lowest BCUT2D eigenvalue weighted by Gasteiger charge is -2.10. The van der Waals surface area contributed by atoms with Gasteiger partial charge in [0, 0.05) is 17.1 Å². The van der Waals surface area contributed by atoms with Crippen molar-refractivity contribution < 1.29 is 4.74 Å². The predicted octanol–water partition coefficient (Wildman–Crippen LogP) is 2.48. The van der Waals surface area contributed by atoms with Gasteiger partial charge in [-0.1, -0.05) is 11.6 Å². The number of rotatable bonds is 4. The second-order valence-corrected chi connectivity index (χ2v) is 4.46. The van der Waals surface area contributed by atoms with Crippen molar-refractivity contribution in [2.45, 2.75) is 13.5 Å². The molecule has 0 aliphatic heterocycles. The number of ether oxygens (including phenoxy) is 1. The first-order valence-electron chi connectivity index (χ1n) is 5.74. The van der Waals surface area contributed by atoms with Gasteiger partial charge < -0.3 is 10.5 Å². The van der Waals surface area contributed by atoms with E-state index in [1.807, 2.05) is 29.8 Å². The Balaban J connectivity index is 2.56. The Morgan fingerprint density at radius 3 is 2.83 bits per heavy atom. The second-order valence-electron chi connectivity index (χ2n) is 4.03. The molecule has 18 heavy (non-hydrogen) atoms. The fraction of sp³-hybridized carbons (Fsp3) is 0.308. The van der Waals surface area contributed by atoms with Gasteiger partial charge in [0.25, 0.3) is 0 Å². The summed E-state index contributed by atoms with van der Waals surface area (Å²) in [6.07, 6.45) is 0. The number of aromatic nitrogens is 2. The van der Waals surface area contributed by atoms with Crippen molar-refractivity contribution in [3.05, 3.63) is 35.0 Å². The van der Waals surface area contributed by atoms with Crippen LogP contribution in [0.25, 0.3) is 11.3 Å². The van der Waals surface area contributed by atoms with Gasteiger partial charge in [0.15, 0.2) is 0 Å². The first-order valence-corrected chi connectivity index (χ1v) is 6.12. The van der Waals surface area contributed by atoms with Crippen LogP contribution in [0.15, 0.2) is 24.3 Å². The van der Waals surface area contributed by atoms with E-state index < -0.39 is 0 Å². The van der Waals surface area contributed by atoms with Crippen molar-refractivity contribution in [3.63, 3.8) is 0 Å². The highest BCUT2D eigenvalue weighted by Crippen LogP contribution is 2.32. The third kappa shape index (κ3) is 2.49. The van der Waals surface area contributed by atoms with E-state index >= 15 is 0 Å². The maximum absolute atomic E-state index is 6.05. The van der Waals surface area contributed by atoms with Crippen molar-refractivity contribution >= 4 is 11.6 Å². The summed E-state index contributed by atoms with van der Waals surface area (Å²) >= 11 is 6.05. The summed E-state index contributed by atoms with van der Waals surface area (Å²) in [6.45, 7) is 3.16. The standard InChI is InChI=1S/C13H16ClN3O/c1-9-7-12(17(16-9)6-5-15)11-8-10(14)3-4-13(11)18-2/h3-4,7-8H,5-6,15H2,1-2H3. The Hall–Kier alpha value is -1.52. The predicted molar refractivity (Wildman–Crippen MR) is 73.0 cm³/mol. The van der Waals surface area contributed by atoms with Crippen LogP contribution in [-0.4, -0.2) is 23.4 Å². The molecule has 0 aliphatic rings. The number of hydrogen-bond acceptors (Lipinski definition) is 3. The van der Waals surface area contributed by atoms with E-state index in [9.17, 15) is 0 Å². The molecule has 0 atom stereocenters. The number of benzene rings is 1. The Labute approximate surface area is 111 Å². The normalized spacial score (nSPS) is 10.7. The average molecular weight is 266 g/mol. The molecule has 0 spiro atoms. The molecule has 0 radical (unpaired) electrons. The van der Waals surface area contributed by atoms with Gasteiger partial charge in [0.05, 0.1) is 25.0 Å². The lowest BCUT2D eigenvalue weighted by molar-refractivity contribution is 0.416. The quantitative estimate of drug-likeness (QED) is 0.924. The summed E-state index contributed by atoms with van der Waals surface area (Å²) in [7, 11) is 1.64. The number of aryl methyl sites for hydroxylation is 1. The fourth-order valence-corrected chi connectivity index (χ4v) is 2.11. The Morgan fingerprint density at radius 1 is 1.39 bits per heavy atom. The van der Waals surface area contributed by atoms with E-state index in [1.165, 1.54) is 0 Å². The number of methoxy groups -OCH3 is 1. The highest BCUT2D eigenvalue weighted by atomic mass is 35.5. The minimum atomic E-state index is 0.539. The zero-order valence-electron chi connectivity index (χ0n) is 10.5. The molecule has 2 rings (SSSR count). The molecule has 0 saturated heterocycles. The third-order valence-electron chi connectivity index (χ3n) is 2.68. The smallest absolute Gasteiger partial charge is 0.128 e. The van der Waals surface area contributed by atoms with Gasteiger partial charge in [-0.2, -0.15) is 5.10 Å². The largest absolute Gasteiger partial charge is 0.496 e. The highest BCUT2D eigenvalue weighted by molar-refractivity contribution is 6.30. The molecule has 0 amide bonds. The maximum Gasteiger partial charge on any atom is 0.128 e. The van der Waals surface area contributed by atoms with Crippen LogP contribution in [-0.2, 0) is 6.54 Å². The molecule has 0 fully saturated rings. The second kappa shape index (κ2) is 5.42. The molecule has 0 unspecified atom stereocenters. The lowest BCUT2D eigenvalue weighted by atomic mass is 10.1. The van der Waals surface area contributed by atoms with Crippen LogP contribution in [0.2, 0.25) is 5.02 Å². The minimum Gasteiger partial charge on any atom is -0.496 e. The summed E-state index contributed by atoms with van der Waals surface area (Å²) in [5.74, 6) is 0.776. The highest BCUT2D eigenvalue weighted by Gasteiger charge is 2.12. The van der Waals surface area contributed by atoms with E-state index in [1.54, 1.807) is 13.2 Å². The first kappa shape index (κ1) is 12.9. The molecule has 4 nitrogen and oxygen atoms in total. The van der Waals surface area contributed by atoms with Crippen LogP contribution in [0.1, 0.15) is 5.69 Å². The molecular formula is C13H16ClN3O. The molecule has 0 aliphatic carbocycles. The van der Waals surface area contributed by atoms with Gasteiger partial charge in [-0.15, -0.1) is 0 Å². The number of hydrogen-bond donors (Lipinski definition) is 1. The summed E-state index contributed by atoms with van der Waals surface area (Å²) in [6, 6.07) is 7.54. The Morgan fingerprint density at radius 2 is 2.17 bits per heavy atom. The van der Waals surface area contributed by atoms with E-state index in [-0.39, 0.29) is 0 Å². The number of nitrogens with zero attached hydrogens (tertiary/aromatic N) is 2. The fourth-order valence-electron chi connectivity index (χ4n) is 1.94.